The molecule has 0 N–H and O–H groups in total. The molecule has 33 heavy (non-hydrogen) atoms. The lowest BCUT2D eigenvalue weighted by Crippen LogP contribution is -2.55. The SMILES string of the molecule is C=CC[C@]1(CO[Si](C)(C)C(C)(C)C)OC[C@@H](O[Si](C)(C)C(C)(C)C)[C@@H]1OC(=O)CCCCC. The molecule has 0 aromatic heterocycles. The van der Waals surface area contributed by atoms with Crippen LogP contribution in [0.3, 0.4) is 0 Å². The van der Waals surface area contributed by atoms with Gasteiger partial charge in [-0.3, -0.25) is 4.79 Å². The first kappa shape index (κ1) is 30.6. The molecule has 0 saturated carbocycles. The van der Waals surface area contributed by atoms with Crippen LogP contribution in [0, 0.1) is 0 Å². The molecule has 194 valence electrons. The van der Waals surface area contributed by atoms with Crippen molar-refractivity contribution in [2.24, 2.45) is 0 Å². The molecular formula is C26H52O5Si2. The fourth-order valence-electron chi connectivity index (χ4n) is 3.43. The third kappa shape index (κ3) is 8.02. The standard InChI is InChI=1S/C26H52O5Si2/c1-13-15-16-17-22(27)30-23-21(31-33(11,12)25(6,7)8)19-28-26(23,18-14-2)20-29-32(9,10)24(3,4)5/h14,21,23H,2,13,15-20H2,1,3-12H3/t21-,23+,26-/m1/s1. The minimum absolute atomic E-state index is 0.0456. The summed E-state index contributed by atoms with van der Waals surface area (Å²) in [6.07, 6.45) is 4.93. The van der Waals surface area contributed by atoms with Gasteiger partial charge in [-0.1, -0.05) is 67.4 Å². The zero-order valence-corrected chi connectivity index (χ0v) is 25.4. The van der Waals surface area contributed by atoms with Crippen molar-refractivity contribution < 1.29 is 23.1 Å². The maximum Gasteiger partial charge on any atom is 0.306 e. The minimum Gasteiger partial charge on any atom is -0.456 e. The van der Waals surface area contributed by atoms with Crippen LogP contribution in [0.1, 0.15) is 80.6 Å². The Morgan fingerprint density at radius 2 is 1.64 bits per heavy atom. The van der Waals surface area contributed by atoms with Crippen LogP contribution in [0.15, 0.2) is 12.7 Å². The molecule has 1 heterocycles. The highest BCUT2D eigenvalue weighted by Crippen LogP contribution is 2.43. The Labute approximate surface area is 206 Å². The molecule has 0 aromatic carbocycles. The second-order valence-electron chi connectivity index (χ2n) is 12.7. The quantitative estimate of drug-likeness (QED) is 0.122. The third-order valence-electron chi connectivity index (χ3n) is 7.86. The van der Waals surface area contributed by atoms with E-state index in [1.807, 2.05) is 6.08 Å². The number of esters is 1. The van der Waals surface area contributed by atoms with E-state index < -0.39 is 28.3 Å². The second-order valence-corrected chi connectivity index (χ2v) is 22.3. The Hall–Kier alpha value is -0.476. The minimum atomic E-state index is -2.10. The summed E-state index contributed by atoms with van der Waals surface area (Å²) in [6.45, 7) is 29.1. The number of unbranched alkanes of at least 4 members (excludes halogenated alkanes) is 2. The van der Waals surface area contributed by atoms with Gasteiger partial charge in [0.25, 0.3) is 0 Å². The molecule has 0 aromatic rings. The van der Waals surface area contributed by atoms with Gasteiger partial charge in [-0.15, -0.1) is 6.58 Å². The van der Waals surface area contributed by atoms with Crippen LogP contribution in [0.2, 0.25) is 36.3 Å². The summed E-state index contributed by atoms with van der Waals surface area (Å²) in [5.74, 6) is -0.177. The summed E-state index contributed by atoms with van der Waals surface area (Å²) in [7, 11) is -4.13. The zero-order chi connectivity index (χ0) is 25.7. The molecule has 0 spiro atoms. The number of hydrogen-bond donors (Lipinski definition) is 0. The van der Waals surface area contributed by atoms with Crippen molar-refractivity contribution in [3.8, 4) is 0 Å². The summed E-state index contributed by atoms with van der Waals surface area (Å²) in [6, 6.07) is 0. The highest BCUT2D eigenvalue weighted by atomic mass is 28.4. The predicted octanol–water partition coefficient (Wildman–Crippen LogP) is 7.24. The molecule has 1 rings (SSSR count). The molecule has 0 amide bonds. The average molecular weight is 501 g/mol. The summed E-state index contributed by atoms with van der Waals surface area (Å²) < 4.78 is 26.0. The molecule has 1 fully saturated rings. The first-order chi connectivity index (χ1) is 14.9. The van der Waals surface area contributed by atoms with E-state index in [1.54, 1.807) is 0 Å². The summed E-state index contributed by atoms with van der Waals surface area (Å²) in [5.41, 5.74) is -0.773. The van der Waals surface area contributed by atoms with Gasteiger partial charge < -0.3 is 18.3 Å². The van der Waals surface area contributed by atoms with Crippen LogP contribution in [-0.2, 0) is 23.1 Å². The molecule has 3 atom stereocenters. The molecule has 0 radical (unpaired) electrons. The highest BCUT2D eigenvalue weighted by Gasteiger charge is 2.56. The Balaban J connectivity index is 3.24. The lowest BCUT2D eigenvalue weighted by molar-refractivity contribution is -0.166. The maximum atomic E-state index is 12.9. The Morgan fingerprint density at radius 3 is 2.12 bits per heavy atom. The van der Waals surface area contributed by atoms with Crippen molar-refractivity contribution in [3.63, 3.8) is 0 Å². The van der Waals surface area contributed by atoms with Crippen LogP contribution < -0.4 is 0 Å². The Kier molecular flexibility index (Phi) is 10.7. The van der Waals surface area contributed by atoms with E-state index in [2.05, 4.69) is 81.2 Å². The maximum absolute atomic E-state index is 12.9. The van der Waals surface area contributed by atoms with Gasteiger partial charge in [0.2, 0.25) is 0 Å². The molecule has 1 aliphatic heterocycles. The Bertz CT molecular complexity index is 648. The van der Waals surface area contributed by atoms with Gasteiger partial charge in [0.05, 0.1) is 13.2 Å². The van der Waals surface area contributed by atoms with E-state index in [0.717, 1.165) is 19.3 Å². The summed E-state index contributed by atoms with van der Waals surface area (Å²) in [5, 5.41) is 0.119. The first-order valence-electron chi connectivity index (χ1n) is 12.7. The van der Waals surface area contributed by atoms with E-state index in [0.29, 0.717) is 26.1 Å². The fraction of sp³-hybridized carbons (Fsp3) is 0.885. The van der Waals surface area contributed by atoms with Crippen molar-refractivity contribution in [1.29, 1.82) is 0 Å². The number of rotatable bonds is 12. The molecule has 5 nitrogen and oxygen atoms in total. The highest BCUT2D eigenvalue weighted by molar-refractivity contribution is 6.74. The van der Waals surface area contributed by atoms with Crippen LogP contribution in [0.4, 0.5) is 0 Å². The topological polar surface area (TPSA) is 54.0 Å². The third-order valence-corrected chi connectivity index (χ3v) is 16.8. The normalized spacial score (nSPS) is 24.7. The summed E-state index contributed by atoms with van der Waals surface area (Å²) in [4.78, 5) is 12.9. The largest absolute Gasteiger partial charge is 0.456 e. The molecule has 0 bridgehead atoms. The smallest absolute Gasteiger partial charge is 0.306 e. The number of ether oxygens (including phenoxy) is 2. The number of carbonyl (C=O) groups is 1. The number of hydrogen-bond acceptors (Lipinski definition) is 5. The van der Waals surface area contributed by atoms with Crippen LogP contribution in [0.25, 0.3) is 0 Å². The lowest BCUT2D eigenvalue weighted by atomic mass is 9.92. The van der Waals surface area contributed by atoms with Gasteiger partial charge >= 0.3 is 5.97 Å². The van der Waals surface area contributed by atoms with Gasteiger partial charge in [0, 0.05) is 12.8 Å². The first-order valence-corrected chi connectivity index (χ1v) is 18.5. The summed E-state index contributed by atoms with van der Waals surface area (Å²) >= 11 is 0. The van der Waals surface area contributed by atoms with E-state index >= 15 is 0 Å². The molecule has 0 unspecified atom stereocenters. The van der Waals surface area contributed by atoms with Gasteiger partial charge in [-0.2, -0.15) is 0 Å². The fourth-order valence-corrected chi connectivity index (χ4v) is 5.77. The molecule has 1 saturated heterocycles. The van der Waals surface area contributed by atoms with E-state index in [1.165, 1.54) is 0 Å². The van der Waals surface area contributed by atoms with Gasteiger partial charge in [-0.25, -0.2) is 0 Å². The van der Waals surface area contributed by atoms with E-state index in [4.69, 9.17) is 18.3 Å². The van der Waals surface area contributed by atoms with Crippen molar-refractivity contribution in [1.82, 2.24) is 0 Å². The Morgan fingerprint density at radius 1 is 1.06 bits per heavy atom. The van der Waals surface area contributed by atoms with Gasteiger partial charge in [-0.05, 0) is 42.7 Å². The van der Waals surface area contributed by atoms with Gasteiger partial charge in [0.1, 0.15) is 11.7 Å². The predicted molar refractivity (Wildman–Crippen MR) is 143 cm³/mol. The van der Waals surface area contributed by atoms with E-state index in [-0.39, 0.29) is 22.1 Å². The van der Waals surface area contributed by atoms with Crippen molar-refractivity contribution in [2.45, 2.75) is 135 Å². The molecule has 7 heteroatoms. The average Bonchev–Trinajstić information content (AvgIpc) is 2.96. The lowest BCUT2D eigenvalue weighted by Gasteiger charge is -2.42. The van der Waals surface area contributed by atoms with Crippen LogP contribution in [0.5, 0.6) is 0 Å². The number of carbonyl (C=O) groups excluding carboxylic acids is 1. The van der Waals surface area contributed by atoms with E-state index in [9.17, 15) is 4.79 Å². The van der Waals surface area contributed by atoms with Crippen molar-refractivity contribution >= 4 is 22.6 Å². The van der Waals surface area contributed by atoms with Gasteiger partial charge in [0.15, 0.2) is 22.7 Å². The molecule has 0 aliphatic carbocycles. The monoisotopic (exact) mass is 500 g/mol. The van der Waals surface area contributed by atoms with Crippen LogP contribution in [-0.4, -0.2) is 53.6 Å². The van der Waals surface area contributed by atoms with Crippen molar-refractivity contribution in [3.05, 3.63) is 12.7 Å². The van der Waals surface area contributed by atoms with Crippen molar-refractivity contribution in [2.75, 3.05) is 13.2 Å². The van der Waals surface area contributed by atoms with Crippen LogP contribution >= 0.6 is 0 Å². The molecular weight excluding hydrogens is 448 g/mol. The molecule has 1 aliphatic rings. The zero-order valence-electron chi connectivity index (χ0n) is 23.4. The second kappa shape index (κ2) is 11.5.